The van der Waals surface area contributed by atoms with E-state index in [-0.39, 0.29) is 6.42 Å². The van der Waals surface area contributed by atoms with Crippen molar-refractivity contribution in [1.29, 1.82) is 0 Å². The van der Waals surface area contributed by atoms with Gasteiger partial charge in [0.1, 0.15) is 12.3 Å². The summed E-state index contributed by atoms with van der Waals surface area (Å²) in [5, 5.41) is 33.7. The summed E-state index contributed by atoms with van der Waals surface area (Å²) in [5.74, 6) is -3.92. The molecule has 0 aliphatic carbocycles. The van der Waals surface area contributed by atoms with Gasteiger partial charge in [-0.05, 0) is 0 Å². The van der Waals surface area contributed by atoms with E-state index in [0.717, 1.165) is 11.2 Å². The molecule has 1 fully saturated rings. The molecule has 0 aromatic heterocycles. The first-order chi connectivity index (χ1) is 10.9. The van der Waals surface area contributed by atoms with Gasteiger partial charge in [-0.25, -0.2) is 4.99 Å². The molecular formula is C10H14N6O7. The Morgan fingerprint density at radius 1 is 1.65 bits per heavy atom. The fraction of sp³-hybridized carbons (Fsp3) is 0.700. The van der Waals surface area contributed by atoms with Gasteiger partial charge in [0.15, 0.2) is 5.34 Å². The molecule has 0 aromatic rings. The summed E-state index contributed by atoms with van der Waals surface area (Å²) in [6.07, 6.45) is -1.99. The van der Waals surface area contributed by atoms with E-state index < -0.39 is 48.5 Å². The number of rotatable bonds is 4. The third-order valence-electron chi connectivity index (χ3n) is 3.86. The van der Waals surface area contributed by atoms with Crippen LogP contribution < -0.4 is 11.1 Å². The van der Waals surface area contributed by atoms with Crippen molar-refractivity contribution in [3.63, 3.8) is 0 Å². The number of guanidine groups is 1. The summed E-state index contributed by atoms with van der Waals surface area (Å²) in [6.45, 7) is -0.460. The van der Waals surface area contributed by atoms with E-state index in [9.17, 15) is 19.9 Å². The standard InChI is InChI=1S/C10H14N6O7/c11-8-13-7(19)9(20)10(14-8,23-15-21)16(3-12-9)6-1-4(18)5(2-17)22-6/h3-6,17-18,20H,1-2H2,(H3,11,13,14,19)/t4?,5-,6-,9?,10?/m1/s1. The maximum atomic E-state index is 12.0. The average Bonchev–Trinajstić information content (AvgIpc) is 2.99. The third-order valence-corrected chi connectivity index (χ3v) is 3.86. The average molecular weight is 330 g/mol. The molecule has 0 aromatic carbocycles. The summed E-state index contributed by atoms with van der Waals surface area (Å²) in [6, 6.07) is 0. The van der Waals surface area contributed by atoms with Crippen LogP contribution in [0.4, 0.5) is 0 Å². The Hall–Kier alpha value is -2.35. The lowest BCUT2D eigenvalue weighted by molar-refractivity contribution is -0.247. The third kappa shape index (κ3) is 1.98. The molecule has 1 saturated heterocycles. The van der Waals surface area contributed by atoms with Crippen molar-refractivity contribution in [1.82, 2.24) is 10.2 Å². The van der Waals surface area contributed by atoms with Crippen molar-refractivity contribution in [2.24, 2.45) is 21.1 Å². The molecule has 1 amide bonds. The van der Waals surface area contributed by atoms with Crippen LogP contribution in [0.25, 0.3) is 0 Å². The zero-order valence-corrected chi connectivity index (χ0v) is 11.6. The number of amides is 1. The van der Waals surface area contributed by atoms with Gasteiger partial charge in [-0.15, -0.1) is 4.91 Å². The van der Waals surface area contributed by atoms with Crippen LogP contribution in [0.3, 0.4) is 0 Å². The van der Waals surface area contributed by atoms with Crippen LogP contribution in [0.2, 0.25) is 0 Å². The van der Waals surface area contributed by atoms with Gasteiger partial charge in [-0.3, -0.25) is 15.0 Å². The smallest absolute Gasteiger partial charge is 0.374 e. The van der Waals surface area contributed by atoms with Crippen molar-refractivity contribution in [2.45, 2.75) is 36.4 Å². The molecule has 3 aliphatic rings. The Labute approximate surface area is 128 Å². The zero-order chi connectivity index (χ0) is 16.8. The van der Waals surface area contributed by atoms with Crippen LogP contribution in [-0.4, -0.2) is 75.0 Å². The molecule has 5 atom stereocenters. The van der Waals surface area contributed by atoms with Crippen LogP contribution in [0, 0.1) is 4.91 Å². The number of aliphatic hydroxyl groups is 3. The van der Waals surface area contributed by atoms with Gasteiger partial charge in [0.25, 0.3) is 5.91 Å². The van der Waals surface area contributed by atoms with E-state index in [1.807, 2.05) is 0 Å². The first kappa shape index (κ1) is 15.5. The van der Waals surface area contributed by atoms with Crippen LogP contribution in [-0.2, 0) is 14.4 Å². The van der Waals surface area contributed by atoms with E-state index in [1.165, 1.54) is 0 Å². The van der Waals surface area contributed by atoms with E-state index in [4.69, 9.17) is 15.6 Å². The number of aliphatic hydroxyl groups excluding tert-OH is 2. The van der Waals surface area contributed by atoms with Crippen molar-refractivity contribution in [3.8, 4) is 0 Å². The maximum Gasteiger partial charge on any atom is 0.374 e. The van der Waals surface area contributed by atoms with Gasteiger partial charge < -0.3 is 30.6 Å². The predicted octanol–water partition coefficient (Wildman–Crippen LogP) is -3.72. The number of aliphatic imine (C=N–C) groups is 2. The van der Waals surface area contributed by atoms with Crippen LogP contribution in [0.1, 0.15) is 6.42 Å². The lowest BCUT2D eigenvalue weighted by Gasteiger charge is -2.41. The second kappa shape index (κ2) is 5.09. The monoisotopic (exact) mass is 330 g/mol. The number of hydrogen-bond acceptors (Lipinski definition) is 12. The van der Waals surface area contributed by atoms with Gasteiger partial charge in [0.2, 0.25) is 5.96 Å². The quantitative estimate of drug-likeness (QED) is 0.255. The maximum absolute atomic E-state index is 12.0. The molecule has 3 aliphatic heterocycles. The van der Waals surface area contributed by atoms with Crippen LogP contribution in [0.15, 0.2) is 15.3 Å². The number of nitrogens with one attached hydrogen (secondary N) is 1. The number of nitrogens with two attached hydrogens (primary N) is 1. The van der Waals surface area contributed by atoms with E-state index >= 15 is 0 Å². The van der Waals surface area contributed by atoms with Crippen molar-refractivity contribution in [2.75, 3.05) is 6.61 Å². The first-order valence-corrected chi connectivity index (χ1v) is 6.56. The zero-order valence-electron chi connectivity index (χ0n) is 11.6. The molecule has 3 unspecified atom stereocenters. The van der Waals surface area contributed by atoms with Crippen molar-refractivity contribution >= 4 is 18.2 Å². The van der Waals surface area contributed by atoms with Gasteiger partial charge in [0, 0.05) is 6.42 Å². The summed E-state index contributed by atoms with van der Waals surface area (Å²) >= 11 is 0. The summed E-state index contributed by atoms with van der Waals surface area (Å²) in [5.41, 5.74) is 2.84. The largest absolute Gasteiger partial charge is 0.394 e. The molecule has 0 spiro atoms. The van der Waals surface area contributed by atoms with Crippen molar-refractivity contribution < 1.29 is 29.7 Å². The molecule has 3 heterocycles. The number of ether oxygens (including phenoxy) is 1. The van der Waals surface area contributed by atoms with Crippen LogP contribution in [0.5, 0.6) is 0 Å². The minimum absolute atomic E-state index is 0.0334. The highest BCUT2D eigenvalue weighted by Gasteiger charge is 2.71. The Balaban J connectivity index is 2.02. The second-order valence-electron chi connectivity index (χ2n) is 5.16. The van der Waals surface area contributed by atoms with Gasteiger partial charge in [0.05, 0.1) is 19.0 Å². The SMILES string of the molecule is NC1=NC2(ON=O)N([C@H]3CC(O)[C@@H](CO)O3)C=NC2(O)C(=O)N1. The Kier molecular flexibility index (Phi) is 3.44. The van der Waals surface area contributed by atoms with Crippen LogP contribution >= 0.6 is 0 Å². The van der Waals surface area contributed by atoms with Crippen molar-refractivity contribution in [3.05, 3.63) is 4.91 Å². The molecule has 13 heteroatoms. The second-order valence-corrected chi connectivity index (χ2v) is 5.16. The number of fused-ring (bicyclic) bond motifs is 1. The summed E-state index contributed by atoms with van der Waals surface area (Å²) in [4.78, 5) is 35.7. The van der Waals surface area contributed by atoms with E-state index in [1.54, 1.807) is 0 Å². The minimum Gasteiger partial charge on any atom is -0.394 e. The van der Waals surface area contributed by atoms with E-state index in [0.29, 0.717) is 0 Å². The summed E-state index contributed by atoms with van der Waals surface area (Å²) in [7, 11) is 0. The van der Waals surface area contributed by atoms with Gasteiger partial charge in [-0.2, -0.15) is 4.99 Å². The fourth-order valence-corrected chi connectivity index (χ4v) is 2.73. The summed E-state index contributed by atoms with van der Waals surface area (Å²) < 4.78 is 5.40. The number of hydrogen-bond donors (Lipinski definition) is 5. The molecule has 0 radical (unpaired) electrons. The molecule has 0 bridgehead atoms. The highest BCUT2D eigenvalue weighted by Crippen LogP contribution is 2.42. The Morgan fingerprint density at radius 3 is 3.00 bits per heavy atom. The lowest BCUT2D eigenvalue weighted by Crippen LogP contribution is -2.71. The first-order valence-electron chi connectivity index (χ1n) is 6.56. The number of nitrogens with zero attached hydrogens (tertiary/aromatic N) is 4. The number of carbonyl (C=O) groups is 1. The molecule has 3 rings (SSSR count). The predicted molar refractivity (Wildman–Crippen MR) is 71.0 cm³/mol. The molecule has 13 nitrogen and oxygen atoms in total. The molecule has 126 valence electrons. The number of carbonyl (C=O) groups excluding carboxylic acids is 1. The fourth-order valence-electron chi connectivity index (χ4n) is 2.73. The molecule has 23 heavy (non-hydrogen) atoms. The Bertz CT molecular complexity index is 598. The lowest BCUT2D eigenvalue weighted by atomic mass is 10.1. The van der Waals surface area contributed by atoms with E-state index in [2.05, 4.69) is 25.5 Å². The normalized spacial score (nSPS) is 42.2. The van der Waals surface area contributed by atoms with Gasteiger partial charge >= 0.3 is 11.6 Å². The van der Waals surface area contributed by atoms with Gasteiger partial charge in [-0.1, -0.05) is 0 Å². The minimum atomic E-state index is -2.63. The molecule has 6 N–H and O–H groups in total. The highest BCUT2D eigenvalue weighted by molar-refractivity contribution is 6.04. The highest BCUT2D eigenvalue weighted by atomic mass is 16.8. The molecular weight excluding hydrogens is 316 g/mol. The molecule has 0 saturated carbocycles. The topological polar surface area (TPSA) is 192 Å². The Morgan fingerprint density at radius 2 is 2.39 bits per heavy atom.